The Morgan fingerprint density at radius 3 is 2.90 bits per heavy atom. The maximum Gasteiger partial charge on any atom is 0.335 e. The summed E-state index contributed by atoms with van der Waals surface area (Å²) in [4.78, 5) is 15.8. The Hall–Kier alpha value is -1.49. The molecule has 20 heavy (non-hydrogen) atoms. The normalized spacial score (nSPS) is 11.1. The van der Waals surface area contributed by atoms with Crippen LogP contribution in [0.15, 0.2) is 18.2 Å². The van der Waals surface area contributed by atoms with Crippen molar-refractivity contribution in [2.24, 2.45) is 0 Å². The summed E-state index contributed by atoms with van der Waals surface area (Å²) in [5.74, 6) is 1.27. The van der Waals surface area contributed by atoms with Crippen molar-refractivity contribution in [3.05, 3.63) is 29.6 Å². The molecule has 4 nitrogen and oxygen atoms in total. The fourth-order valence-electron chi connectivity index (χ4n) is 2.34. The third-order valence-corrected chi connectivity index (χ3v) is 3.97. The summed E-state index contributed by atoms with van der Waals surface area (Å²) < 4.78 is 2.18. The van der Waals surface area contributed by atoms with Crippen LogP contribution in [0.5, 0.6) is 0 Å². The molecule has 0 aliphatic rings. The number of carbonyl (C=O) groups is 1. The molecule has 0 radical (unpaired) electrons. The number of hydrogen-bond donors (Lipinski definition) is 1. The first-order chi connectivity index (χ1) is 9.67. The molecule has 0 unspecified atom stereocenters. The second-order valence-electron chi connectivity index (χ2n) is 4.78. The zero-order valence-corrected chi connectivity index (χ0v) is 12.7. The van der Waals surface area contributed by atoms with Crippen LogP contribution in [0.4, 0.5) is 0 Å². The van der Waals surface area contributed by atoms with Gasteiger partial charge in [-0.2, -0.15) is 11.8 Å². The number of fused-ring (bicyclic) bond motifs is 1. The molecule has 2 rings (SSSR count). The van der Waals surface area contributed by atoms with Gasteiger partial charge in [-0.25, -0.2) is 9.78 Å². The lowest BCUT2D eigenvalue weighted by Crippen LogP contribution is -2.05. The van der Waals surface area contributed by atoms with Gasteiger partial charge in [0.05, 0.1) is 16.6 Å². The lowest BCUT2D eigenvalue weighted by Gasteiger charge is -2.08. The number of aryl methyl sites for hydroxylation is 2. The first-order valence-corrected chi connectivity index (χ1v) is 8.28. The molecule has 108 valence electrons. The van der Waals surface area contributed by atoms with Gasteiger partial charge in [-0.15, -0.1) is 0 Å². The number of aromatic nitrogens is 2. The van der Waals surface area contributed by atoms with Crippen LogP contribution in [0.25, 0.3) is 11.0 Å². The fourth-order valence-corrected chi connectivity index (χ4v) is 2.75. The Kier molecular flexibility index (Phi) is 5.06. The van der Waals surface area contributed by atoms with Crippen LogP contribution in [0, 0.1) is 0 Å². The van der Waals surface area contributed by atoms with Crippen LogP contribution in [0.3, 0.4) is 0 Å². The van der Waals surface area contributed by atoms with Crippen molar-refractivity contribution in [1.82, 2.24) is 9.55 Å². The smallest absolute Gasteiger partial charge is 0.335 e. The predicted molar refractivity (Wildman–Crippen MR) is 83.7 cm³/mol. The molecule has 0 amide bonds. The van der Waals surface area contributed by atoms with E-state index >= 15 is 0 Å². The average molecular weight is 292 g/mol. The molecule has 1 N–H and O–H groups in total. The predicted octanol–water partition coefficient (Wildman–Crippen LogP) is 3.44. The molecule has 0 saturated heterocycles. The van der Waals surface area contributed by atoms with Crippen molar-refractivity contribution in [3.8, 4) is 0 Å². The fraction of sp³-hybridized carbons (Fsp3) is 0.467. The van der Waals surface area contributed by atoms with Crippen LogP contribution >= 0.6 is 11.8 Å². The number of aromatic carboxylic acids is 1. The van der Waals surface area contributed by atoms with E-state index in [0.29, 0.717) is 5.56 Å². The van der Waals surface area contributed by atoms with Gasteiger partial charge >= 0.3 is 5.97 Å². The van der Waals surface area contributed by atoms with E-state index < -0.39 is 5.97 Å². The number of hydrogen-bond acceptors (Lipinski definition) is 3. The highest BCUT2D eigenvalue weighted by Crippen LogP contribution is 2.20. The van der Waals surface area contributed by atoms with Gasteiger partial charge in [0.25, 0.3) is 0 Å². The third kappa shape index (κ3) is 3.15. The number of thioether (sulfide) groups is 1. The summed E-state index contributed by atoms with van der Waals surface area (Å²) >= 11 is 1.83. The highest BCUT2D eigenvalue weighted by Gasteiger charge is 2.12. The Morgan fingerprint density at radius 2 is 2.25 bits per heavy atom. The van der Waals surface area contributed by atoms with Crippen LogP contribution in [-0.4, -0.2) is 32.6 Å². The van der Waals surface area contributed by atoms with Crippen LogP contribution in [-0.2, 0) is 13.0 Å². The van der Waals surface area contributed by atoms with E-state index in [1.807, 2.05) is 17.8 Å². The number of benzene rings is 1. The van der Waals surface area contributed by atoms with Crippen LogP contribution in [0.1, 0.15) is 35.9 Å². The van der Waals surface area contributed by atoms with Gasteiger partial charge in [0, 0.05) is 13.0 Å². The molecule has 0 spiro atoms. The molecule has 0 atom stereocenters. The summed E-state index contributed by atoms with van der Waals surface area (Å²) in [6, 6.07) is 5.17. The van der Waals surface area contributed by atoms with Crippen molar-refractivity contribution < 1.29 is 9.90 Å². The maximum atomic E-state index is 11.1. The summed E-state index contributed by atoms with van der Waals surface area (Å²) in [6.07, 6.45) is 5.14. The molecule has 2 aromatic rings. The van der Waals surface area contributed by atoms with E-state index in [-0.39, 0.29) is 0 Å². The lowest BCUT2D eigenvalue weighted by molar-refractivity contribution is 0.0697. The number of rotatable bonds is 7. The molecular weight excluding hydrogens is 272 g/mol. The second kappa shape index (κ2) is 6.79. The van der Waals surface area contributed by atoms with Crippen molar-refractivity contribution >= 4 is 28.8 Å². The van der Waals surface area contributed by atoms with Crippen molar-refractivity contribution in [1.29, 1.82) is 0 Å². The van der Waals surface area contributed by atoms with Gasteiger partial charge in [0.1, 0.15) is 5.82 Å². The van der Waals surface area contributed by atoms with E-state index in [2.05, 4.69) is 22.7 Å². The van der Waals surface area contributed by atoms with E-state index in [1.165, 1.54) is 0 Å². The van der Waals surface area contributed by atoms with Crippen molar-refractivity contribution in [2.75, 3.05) is 12.0 Å². The van der Waals surface area contributed by atoms with Crippen molar-refractivity contribution in [2.45, 2.75) is 32.7 Å². The van der Waals surface area contributed by atoms with Crippen LogP contribution < -0.4 is 0 Å². The van der Waals surface area contributed by atoms with Gasteiger partial charge in [0.2, 0.25) is 0 Å². The standard InChI is InChI=1S/C15H20N2O2S/c1-3-5-14-16-12-7-6-11(15(18)19)10-13(12)17(14)8-4-9-20-2/h6-7,10H,3-5,8-9H2,1-2H3,(H,18,19). The highest BCUT2D eigenvalue weighted by atomic mass is 32.2. The Bertz CT molecular complexity index is 607. The second-order valence-corrected chi connectivity index (χ2v) is 5.77. The maximum absolute atomic E-state index is 11.1. The Labute approximate surface area is 123 Å². The van der Waals surface area contributed by atoms with E-state index in [9.17, 15) is 4.79 Å². The first kappa shape index (κ1) is 14.9. The minimum absolute atomic E-state index is 0.326. The molecule has 5 heteroatoms. The molecule has 1 aromatic carbocycles. The number of imidazole rings is 1. The van der Waals surface area contributed by atoms with Gasteiger partial charge in [0.15, 0.2) is 0 Å². The van der Waals surface area contributed by atoms with Crippen LogP contribution in [0.2, 0.25) is 0 Å². The molecule has 1 aromatic heterocycles. The molecule has 0 saturated carbocycles. The summed E-state index contributed by atoms with van der Waals surface area (Å²) in [5.41, 5.74) is 2.16. The first-order valence-electron chi connectivity index (χ1n) is 6.88. The quantitative estimate of drug-likeness (QED) is 0.794. The molecular formula is C15H20N2O2S. The van der Waals surface area contributed by atoms with Gasteiger partial charge in [-0.1, -0.05) is 6.92 Å². The average Bonchev–Trinajstić information content (AvgIpc) is 2.77. The Morgan fingerprint density at radius 1 is 1.45 bits per heavy atom. The minimum Gasteiger partial charge on any atom is -0.478 e. The van der Waals surface area contributed by atoms with Gasteiger partial charge in [-0.3, -0.25) is 0 Å². The van der Waals surface area contributed by atoms with Gasteiger partial charge in [-0.05, 0) is 43.0 Å². The monoisotopic (exact) mass is 292 g/mol. The van der Waals surface area contributed by atoms with E-state index in [0.717, 1.165) is 48.4 Å². The van der Waals surface area contributed by atoms with Gasteiger partial charge < -0.3 is 9.67 Å². The van der Waals surface area contributed by atoms with E-state index in [4.69, 9.17) is 5.11 Å². The third-order valence-electron chi connectivity index (χ3n) is 3.28. The summed E-state index contributed by atoms with van der Waals surface area (Å²) in [7, 11) is 0. The zero-order valence-electron chi connectivity index (χ0n) is 11.9. The van der Waals surface area contributed by atoms with E-state index in [1.54, 1.807) is 12.1 Å². The largest absolute Gasteiger partial charge is 0.478 e. The number of carboxylic acids is 1. The number of nitrogens with zero attached hydrogens (tertiary/aromatic N) is 2. The Balaban J connectivity index is 2.43. The zero-order chi connectivity index (χ0) is 14.5. The summed E-state index contributed by atoms with van der Waals surface area (Å²) in [5, 5.41) is 9.13. The highest BCUT2D eigenvalue weighted by molar-refractivity contribution is 7.98. The molecule has 0 aliphatic heterocycles. The molecule has 0 fully saturated rings. The lowest BCUT2D eigenvalue weighted by atomic mass is 10.2. The molecule has 0 aliphatic carbocycles. The minimum atomic E-state index is -0.888. The molecule has 1 heterocycles. The topological polar surface area (TPSA) is 55.1 Å². The van der Waals surface area contributed by atoms with Crippen molar-refractivity contribution in [3.63, 3.8) is 0 Å². The SMILES string of the molecule is CCCc1nc2ccc(C(=O)O)cc2n1CCCSC. The number of carboxylic acid groups (broad SMARTS) is 1. The summed E-state index contributed by atoms with van der Waals surface area (Å²) in [6.45, 7) is 3.03. The molecule has 0 bridgehead atoms.